The van der Waals surface area contributed by atoms with Gasteiger partial charge in [-0.25, -0.2) is 4.98 Å². The minimum Gasteiger partial charge on any atom is -0.480 e. The van der Waals surface area contributed by atoms with Gasteiger partial charge in [0, 0.05) is 21.8 Å². The standard InChI is InChI=1S/C18H14Cl2N3O/c1-10-3-5-12(19)8-14(10)13-6-4-11(7-16(13)20)15-9-22-18(21)23-17(15)24-2/h3-5,7-9H,1-2H3,(H2,21,22,23). The maximum absolute atomic E-state index is 6.48. The van der Waals surface area contributed by atoms with Gasteiger partial charge in [0.25, 0.3) is 0 Å². The Hall–Kier alpha value is -2.30. The summed E-state index contributed by atoms with van der Waals surface area (Å²) in [6.45, 7) is 2.00. The molecule has 0 bridgehead atoms. The highest BCUT2D eigenvalue weighted by atomic mass is 35.5. The van der Waals surface area contributed by atoms with E-state index in [0.717, 1.165) is 22.3 Å². The first kappa shape index (κ1) is 16.6. The number of ether oxygens (including phenoxy) is 1. The van der Waals surface area contributed by atoms with Crippen LogP contribution in [-0.4, -0.2) is 17.1 Å². The van der Waals surface area contributed by atoms with E-state index in [-0.39, 0.29) is 5.95 Å². The van der Waals surface area contributed by atoms with Gasteiger partial charge in [0.15, 0.2) is 0 Å². The van der Waals surface area contributed by atoms with Crippen molar-refractivity contribution in [2.45, 2.75) is 6.92 Å². The Morgan fingerprint density at radius 2 is 1.96 bits per heavy atom. The van der Waals surface area contributed by atoms with Gasteiger partial charge in [0.2, 0.25) is 11.8 Å². The van der Waals surface area contributed by atoms with Crippen molar-refractivity contribution in [1.29, 1.82) is 0 Å². The highest BCUT2D eigenvalue weighted by Gasteiger charge is 2.13. The Balaban J connectivity index is 2.10. The van der Waals surface area contributed by atoms with Crippen molar-refractivity contribution in [3.8, 4) is 28.1 Å². The zero-order chi connectivity index (χ0) is 17.3. The number of methoxy groups -OCH3 is 1. The molecule has 2 N–H and O–H groups in total. The molecule has 0 unspecified atom stereocenters. The maximum Gasteiger partial charge on any atom is 0.225 e. The summed E-state index contributed by atoms with van der Waals surface area (Å²) >= 11 is 12.6. The van der Waals surface area contributed by atoms with Crippen LogP contribution in [0.2, 0.25) is 10.0 Å². The highest BCUT2D eigenvalue weighted by molar-refractivity contribution is 6.34. The largest absolute Gasteiger partial charge is 0.480 e. The molecule has 3 aromatic rings. The van der Waals surface area contributed by atoms with Crippen molar-refractivity contribution in [2.75, 3.05) is 12.8 Å². The molecule has 0 spiro atoms. The molecule has 6 heteroatoms. The Morgan fingerprint density at radius 1 is 1.17 bits per heavy atom. The average molecular weight is 359 g/mol. The zero-order valence-corrected chi connectivity index (χ0v) is 14.6. The first-order valence-corrected chi connectivity index (χ1v) is 7.90. The molecule has 0 fully saturated rings. The van der Waals surface area contributed by atoms with Gasteiger partial charge in [-0.3, -0.25) is 0 Å². The topological polar surface area (TPSA) is 61.0 Å². The van der Waals surface area contributed by atoms with Gasteiger partial charge in [-0.2, -0.15) is 4.98 Å². The fraction of sp³-hybridized carbons (Fsp3) is 0.111. The van der Waals surface area contributed by atoms with E-state index < -0.39 is 0 Å². The van der Waals surface area contributed by atoms with Crippen LogP contribution in [0.1, 0.15) is 5.56 Å². The van der Waals surface area contributed by atoms with E-state index in [1.54, 1.807) is 6.20 Å². The number of hydrogen-bond donors (Lipinski definition) is 1. The Kier molecular flexibility index (Phi) is 4.60. The number of benzene rings is 2. The fourth-order valence-corrected chi connectivity index (χ4v) is 2.87. The van der Waals surface area contributed by atoms with E-state index in [1.807, 2.05) is 37.3 Å². The summed E-state index contributed by atoms with van der Waals surface area (Å²) in [6.07, 6.45) is 1.60. The molecule has 4 nitrogen and oxygen atoms in total. The molecule has 0 aliphatic carbocycles. The molecule has 0 aliphatic heterocycles. The van der Waals surface area contributed by atoms with Crippen LogP contribution in [0, 0.1) is 13.0 Å². The third-order valence-corrected chi connectivity index (χ3v) is 4.17. The number of halogens is 2. The van der Waals surface area contributed by atoms with Gasteiger partial charge in [0.1, 0.15) is 0 Å². The maximum atomic E-state index is 6.48. The van der Waals surface area contributed by atoms with Crippen LogP contribution in [0.25, 0.3) is 22.3 Å². The predicted molar refractivity (Wildman–Crippen MR) is 97.5 cm³/mol. The normalized spacial score (nSPS) is 10.7. The molecule has 1 heterocycles. The average Bonchev–Trinajstić information content (AvgIpc) is 2.57. The quantitative estimate of drug-likeness (QED) is 0.729. The SMILES string of the molecule is COc1nc(N)ncc1-c1c[c]c(-c2cc(Cl)ccc2C)c(Cl)c1. The van der Waals surface area contributed by atoms with Gasteiger partial charge in [-0.1, -0.05) is 29.3 Å². The number of hydrogen-bond acceptors (Lipinski definition) is 4. The summed E-state index contributed by atoms with van der Waals surface area (Å²) < 4.78 is 5.26. The Labute approximate surface area is 150 Å². The van der Waals surface area contributed by atoms with Gasteiger partial charge >= 0.3 is 0 Å². The first-order chi connectivity index (χ1) is 11.5. The third kappa shape index (κ3) is 3.16. The summed E-state index contributed by atoms with van der Waals surface area (Å²) in [5.41, 5.74) is 9.88. The number of aryl methyl sites for hydroxylation is 1. The minimum absolute atomic E-state index is 0.150. The van der Waals surface area contributed by atoms with E-state index in [4.69, 9.17) is 33.7 Å². The molecule has 1 aromatic heterocycles. The second-order valence-electron chi connectivity index (χ2n) is 5.22. The van der Waals surface area contributed by atoms with E-state index >= 15 is 0 Å². The van der Waals surface area contributed by atoms with Crippen molar-refractivity contribution in [3.63, 3.8) is 0 Å². The van der Waals surface area contributed by atoms with Crippen LogP contribution in [0.4, 0.5) is 5.95 Å². The van der Waals surface area contributed by atoms with Crippen molar-refractivity contribution in [1.82, 2.24) is 9.97 Å². The predicted octanol–water partition coefficient (Wildman–Crippen LogP) is 4.82. The smallest absolute Gasteiger partial charge is 0.225 e. The van der Waals surface area contributed by atoms with Crippen molar-refractivity contribution in [2.24, 2.45) is 0 Å². The van der Waals surface area contributed by atoms with E-state index in [0.29, 0.717) is 21.5 Å². The lowest BCUT2D eigenvalue weighted by Crippen LogP contribution is -1.99. The van der Waals surface area contributed by atoms with Crippen LogP contribution in [0.15, 0.2) is 36.5 Å². The van der Waals surface area contributed by atoms with Crippen LogP contribution in [0.5, 0.6) is 5.88 Å². The fourth-order valence-electron chi connectivity index (χ4n) is 2.43. The number of nitrogens with zero attached hydrogens (tertiary/aromatic N) is 2. The van der Waals surface area contributed by atoms with Gasteiger partial charge in [-0.05, 0) is 53.9 Å². The molecule has 24 heavy (non-hydrogen) atoms. The van der Waals surface area contributed by atoms with Crippen molar-refractivity contribution < 1.29 is 4.74 Å². The molecule has 3 rings (SSSR count). The molecular formula is C18H14Cl2N3O. The molecule has 0 amide bonds. The van der Waals surface area contributed by atoms with Crippen LogP contribution >= 0.6 is 23.2 Å². The molecule has 0 saturated heterocycles. The molecule has 1 radical (unpaired) electrons. The van der Waals surface area contributed by atoms with E-state index in [1.165, 1.54) is 7.11 Å². The summed E-state index contributed by atoms with van der Waals surface area (Å²) in [4.78, 5) is 8.09. The van der Waals surface area contributed by atoms with E-state index in [2.05, 4.69) is 16.0 Å². The minimum atomic E-state index is 0.150. The number of nitrogens with two attached hydrogens (primary N) is 1. The molecule has 121 valence electrons. The first-order valence-electron chi connectivity index (χ1n) is 7.14. The summed E-state index contributed by atoms with van der Waals surface area (Å²) in [5.74, 6) is 0.538. The van der Waals surface area contributed by atoms with Crippen molar-refractivity contribution >= 4 is 29.2 Å². The van der Waals surface area contributed by atoms with Crippen molar-refractivity contribution in [3.05, 3.63) is 58.2 Å². The third-order valence-electron chi connectivity index (χ3n) is 3.64. The lowest BCUT2D eigenvalue weighted by molar-refractivity contribution is 0.399. The number of nitrogen functional groups attached to an aromatic ring is 1. The monoisotopic (exact) mass is 358 g/mol. The van der Waals surface area contributed by atoms with Gasteiger partial charge in [-0.15, -0.1) is 0 Å². The molecular weight excluding hydrogens is 345 g/mol. The molecule has 0 aliphatic rings. The second kappa shape index (κ2) is 6.67. The van der Waals surface area contributed by atoms with Gasteiger partial charge in [0.05, 0.1) is 12.7 Å². The summed E-state index contributed by atoms with van der Waals surface area (Å²) in [7, 11) is 1.53. The van der Waals surface area contributed by atoms with Crippen LogP contribution in [0.3, 0.4) is 0 Å². The zero-order valence-electron chi connectivity index (χ0n) is 13.1. The highest BCUT2D eigenvalue weighted by Crippen LogP contribution is 2.36. The Bertz CT molecular complexity index is 913. The lowest BCUT2D eigenvalue weighted by Gasteiger charge is -2.12. The van der Waals surface area contributed by atoms with Gasteiger partial charge < -0.3 is 10.5 Å². The lowest BCUT2D eigenvalue weighted by atomic mass is 9.98. The summed E-state index contributed by atoms with van der Waals surface area (Å²) in [5, 5.41) is 1.20. The molecule has 0 atom stereocenters. The summed E-state index contributed by atoms with van der Waals surface area (Å²) in [6, 6.07) is 12.5. The van der Waals surface area contributed by atoms with Crippen LogP contribution < -0.4 is 10.5 Å². The number of anilines is 1. The molecule has 2 aromatic carbocycles. The number of aromatic nitrogens is 2. The molecule has 0 saturated carbocycles. The van der Waals surface area contributed by atoms with E-state index in [9.17, 15) is 0 Å². The number of rotatable bonds is 3. The second-order valence-corrected chi connectivity index (χ2v) is 6.07. The Morgan fingerprint density at radius 3 is 2.67 bits per heavy atom. The van der Waals surface area contributed by atoms with Crippen LogP contribution in [-0.2, 0) is 0 Å².